The molecule has 0 radical (unpaired) electrons. The Labute approximate surface area is 134 Å². The summed E-state index contributed by atoms with van der Waals surface area (Å²) in [6, 6.07) is 5.86. The van der Waals surface area contributed by atoms with E-state index in [1.165, 1.54) is 0 Å². The SMILES string of the molecule is COc1ccc2[nH]cc(CCNC(=O)OC/C=C(/C)Cl)c2c1. The second-order valence-corrected chi connectivity index (χ2v) is 5.39. The fourth-order valence-electron chi connectivity index (χ4n) is 2.07. The number of carbonyl (C=O) groups is 1. The van der Waals surface area contributed by atoms with Crippen molar-refractivity contribution in [2.45, 2.75) is 13.3 Å². The highest BCUT2D eigenvalue weighted by Crippen LogP contribution is 2.23. The summed E-state index contributed by atoms with van der Waals surface area (Å²) in [4.78, 5) is 14.7. The van der Waals surface area contributed by atoms with E-state index in [2.05, 4.69) is 10.3 Å². The molecule has 1 heterocycles. The maximum Gasteiger partial charge on any atom is 0.407 e. The number of carbonyl (C=O) groups excluding carboxylic acids is 1. The molecule has 2 aromatic rings. The first-order valence-electron chi connectivity index (χ1n) is 6.97. The molecule has 0 unspecified atom stereocenters. The minimum absolute atomic E-state index is 0.172. The second kappa shape index (κ2) is 7.75. The zero-order valence-corrected chi connectivity index (χ0v) is 13.4. The van der Waals surface area contributed by atoms with Crippen molar-refractivity contribution in [1.82, 2.24) is 10.3 Å². The van der Waals surface area contributed by atoms with Crippen LogP contribution in [0.15, 0.2) is 35.5 Å². The van der Waals surface area contributed by atoms with Gasteiger partial charge in [-0.25, -0.2) is 4.79 Å². The van der Waals surface area contributed by atoms with Crippen molar-refractivity contribution < 1.29 is 14.3 Å². The predicted octanol–water partition coefficient (Wildman–Crippen LogP) is 3.59. The third-order valence-corrected chi connectivity index (χ3v) is 3.37. The highest BCUT2D eigenvalue weighted by atomic mass is 35.5. The first-order chi connectivity index (χ1) is 10.6. The number of aromatic amines is 1. The maximum atomic E-state index is 11.5. The van der Waals surface area contributed by atoms with Crippen molar-refractivity contribution in [2.75, 3.05) is 20.3 Å². The topological polar surface area (TPSA) is 63.3 Å². The van der Waals surface area contributed by atoms with Crippen LogP contribution in [0.25, 0.3) is 10.9 Å². The molecule has 118 valence electrons. The van der Waals surface area contributed by atoms with Crippen LogP contribution in [-0.2, 0) is 11.2 Å². The van der Waals surface area contributed by atoms with Crippen LogP contribution in [0.1, 0.15) is 12.5 Å². The molecule has 0 spiro atoms. The number of hydrogen-bond acceptors (Lipinski definition) is 3. The average Bonchev–Trinajstić information content (AvgIpc) is 2.89. The maximum absolute atomic E-state index is 11.5. The van der Waals surface area contributed by atoms with Gasteiger partial charge in [0.2, 0.25) is 0 Å². The predicted molar refractivity (Wildman–Crippen MR) is 87.5 cm³/mol. The van der Waals surface area contributed by atoms with Gasteiger partial charge in [-0.3, -0.25) is 0 Å². The van der Waals surface area contributed by atoms with E-state index in [-0.39, 0.29) is 6.61 Å². The number of ether oxygens (including phenoxy) is 2. The number of methoxy groups -OCH3 is 1. The molecule has 0 aliphatic rings. The largest absolute Gasteiger partial charge is 0.497 e. The van der Waals surface area contributed by atoms with Crippen molar-refractivity contribution >= 4 is 28.6 Å². The zero-order chi connectivity index (χ0) is 15.9. The summed E-state index contributed by atoms with van der Waals surface area (Å²) >= 11 is 5.65. The average molecular weight is 323 g/mol. The van der Waals surface area contributed by atoms with Gasteiger partial charge in [0.25, 0.3) is 0 Å². The lowest BCUT2D eigenvalue weighted by atomic mass is 10.1. The van der Waals surface area contributed by atoms with E-state index in [9.17, 15) is 4.79 Å². The van der Waals surface area contributed by atoms with Crippen LogP contribution in [0.4, 0.5) is 4.79 Å². The van der Waals surface area contributed by atoms with Gasteiger partial charge < -0.3 is 19.8 Å². The normalized spacial score (nSPS) is 11.5. The lowest BCUT2D eigenvalue weighted by molar-refractivity contribution is 0.158. The first-order valence-corrected chi connectivity index (χ1v) is 7.35. The van der Waals surface area contributed by atoms with E-state index in [0.717, 1.165) is 22.2 Å². The van der Waals surface area contributed by atoms with Crippen LogP contribution in [0.5, 0.6) is 5.75 Å². The Morgan fingerprint density at radius 2 is 2.27 bits per heavy atom. The third-order valence-electron chi connectivity index (χ3n) is 3.22. The van der Waals surface area contributed by atoms with Gasteiger partial charge in [0.15, 0.2) is 0 Å². The fourth-order valence-corrected chi connectivity index (χ4v) is 2.14. The number of fused-ring (bicyclic) bond motifs is 1. The fraction of sp³-hybridized carbons (Fsp3) is 0.312. The number of amides is 1. The monoisotopic (exact) mass is 322 g/mol. The van der Waals surface area contributed by atoms with Crippen LogP contribution in [-0.4, -0.2) is 31.3 Å². The molecular formula is C16H19ClN2O3. The van der Waals surface area contributed by atoms with E-state index < -0.39 is 6.09 Å². The van der Waals surface area contributed by atoms with Crippen molar-refractivity contribution in [2.24, 2.45) is 0 Å². The zero-order valence-electron chi connectivity index (χ0n) is 12.6. The number of H-pyrrole nitrogens is 1. The Morgan fingerprint density at radius 3 is 3.00 bits per heavy atom. The van der Waals surface area contributed by atoms with Crippen molar-refractivity contribution in [3.8, 4) is 5.75 Å². The van der Waals surface area contributed by atoms with Gasteiger partial charge in [-0.15, -0.1) is 0 Å². The Bertz CT molecular complexity index is 675. The molecule has 1 aromatic heterocycles. The number of benzene rings is 1. The summed E-state index contributed by atoms with van der Waals surface area (Å²) in [5.41, 5.74) is 2.16. The van der Waals surface area contributed by atoms with Crippen molar-refractivity contribution in [3.05, 3.63) is 41.1 Å². The number of halogens is 1. The first kappa shape index (κ1) is 16.2. The number of allylic oxidation sites excluding steroid dienone is 1. The summed E-state index contributed by atoms with van der Waals surface area (Å²) < 4.78 is 10.2. The molecule has 0 atom stereocenters. The number of alkyl carbamates (subject to hydrolysis) is 1. The summed E-state index contributed by atoms with van der Waals surface area (Å²) in [6.45, 7) is 2.39. The van der Waals surface area contributed by atoms with E-state index in [4.69, 9.17) is 21.1 Å². The molecule has 0 aliphatic carbocycles. The molecule has 2 N–H and O–H groups in total. The molecule has 1 amide bonds. The molecule has 1 aromatic carbocycles. The van der Waals surface area contributed by atoms with Crippen LogP contribution in [0, 0.1) is 0 Å². The third kappa shape index (κ3) is 4.43. The van der Waals surface area contributed by atoms with Gasteiger partial charge in [-0.05, 0) is 43.2 Å². The minimum Gasteiger partial charge on any atom is -0.497 e. The van der Waals surface area contributed by atoms with Gasteiger partial charge in [-0.2, -0.15) is 0 Å². The Hall–Kier alpha value is -2.14. The molecule has 0 aliphatic heterocycles. The molecule has 2 rings (SSSR count). The number of aromatic nitrogens is 1. The Balaban J connectivity index is 1.87. The Morgan fingerprint density at radius 1 is 1.45 bits per heavy atom. The van der Waals surface area contributed by atoms with E-state index >= 15 is 0 Å². The van der Waals surface area contributed by atoms with Crippen LogP contribution in [0.3, 0.4) is 0 Å². The molecule has 0 bridgehead atoms. The molecule has 22 heavy (non-hydrogen) atoms. The standard InChI is InChI=1S/C16H19ClN2O3/c1-11(17)6-8-22-16(20)18-7-5-12-10-19-15-4-3-13(21-2)9-14(12)15/h3-4,6,9-10,19H,5,7-8H2,1-2H3,(H,18,20)/b11-6-. The van der Waals surface area contributed by atoms with Gasteiger partial charge in [0.05, 0.1) is 7.11 Å². The second-order valence-electron chi connectivity index (χ2n) is 4.79. The highest BCUT2D eigenvalue weighted by Gasteiger charge is 2.06. The number of hydrogen-bond donors (Lipinski definition) is 2. The molecule has 0 saturated carbocycles. The van der Waals surface area contributed by atoms with Gasteiger partial charge in [0.1, 0.15) is 12.4 Å². The van der Waals surface area contributed by atoms with Gasteiger partial charge in [-0.1, -0.05) is 11.6 Å². The molecule has 0 saturated heterocycles. The summed E-state index contributed by atoms with van der Waals surface area (Å²) in [5.74, 6) is 0.809. The summed E-state index contributed by atoms with van der Waals surface area (Å²) in [5, 5.41) is 4.40. The van der Waals surface area contributed by atoms with E-state index in [1.807, 2.05) is 24.4 Å². The smallest absolute Gasteiger partial charge is 0.407 e. The van der Waals surface area contributed by atoms with E-state index in [1.54, 1.807) is 20.1 Å². The van der Waals surface area contributed by atoms with E-state index in [0.29, 0.717) is 18.0 Å². The van der Waals surface area contributed by atoms with Gasteiger partial charge in [0, 0.05) is 28.7 Å². The molecule has 0 fully saturated rings. The summed E-state index contributed by atoms with van der Waals surface area (Å²) in [6.07, 6.45) is 3.82. The molecule has 6 heteroatoms. The highest BCUT2D eigenvalue weighted by molar-refractivity contribution is 6.29. The Kier molecular flexibility index (Phi) is 5.72. The minimum atomic E-state index is -0.452. The quantitative estimate of drug-likeness (QED) is 0.854. The lowest BCUT2D eigenvalue weighted by Gasteiger charge is -2.05. The van der Waals surface area contributed by atoms with Gasteiger partial charge >= 0.3 is 6.09 Å². The van der Waals surface area contributed by atoms with Crippen molar-refractivity contribution in [1.29, 1.82) is 0 Å². The van der Waals surface area contributed by atoms with Crippen molar-refractivity contribution in [3.63, 3.8) is 0 Å². The lowest BCUT2D eigenvalue weighted by Crippen LogP contribution is -2.26. The summed E-state index contributed by atoms with van der Waals surface area (Å²) in [7, 11) is 1.64. The van der Waals surface area contributed by atoms with Crippen LogP contribution >= 0.6 is 11.6 Å². The van der Waals surface area contributed by atoms with Crippen LogP contribution < -0.4 is 10.1 Å². The van der Waals surface area contributed by atoms with Crippen LogP contribution in [0.2, 0.25) is 0 Å². The molecular weight excluding hydrogens is 304 g/mol. The molecule has 5 nitrogen and oxygen atoms in total. The number of nitrogens with one attached hydrogen (secondary N) is 2. The number of rotatable bonds is 6.